The van der Waals surface area contributed by atoms with Crippen LogP contribution in [0.2, 0.25) is 0 Å². The molecule has 6 heteroatoms. The molecule has 2 heterocycles. The molecule has 3 rings (SSSR count). The average molecular weight is 309 g/mol. The van der Waals surface area contributed by atoms with Crippen molar-refractivity contribution in [1.82, 2.24) is 4.40 Å². The number of nitrogen functional groups attached to an aromatic ring is 1. The second-order valence-corrected chi connectivity index (χ2v) is 5.15. The van der Waals surface area contributed by atoms with Gasteiger partial charge in [-0.05, 0) is 42.0 Å². The standard InChI is InChI=1S/C17H15N3O3/c18-9-11-7-12-3-1-2-6-20(12)15(11)16(21)10-4-5-14(19)13(8-10)17(22)23/h1-8H,9,18-19H2,(H,22,23). The Morgan fingerprint density at radius 3 is 2.61 bits per heavy atom. The first-order valence-electron chi connectivity index (χ1n) is 6.99. The van der Waals surface area contributed by atoms with Crippen molar-refractivity contribution in [3.63, 3.8) is 0 Å². The number of aromatic carboxylic acids is 1. The van der Waals surface area contributed by atoms with E-state index in [-0.39, 0.29) is 29.1 Å². The third-order valence-electron chi connectivity index (χ3n) is 3.74. The number of carbonyl (C=O) groups excluding carboxylic acids is 1. The highest BCUT2D eigenvalue weighted by molar-refractivity contribution is 6.11. The summed E-state index contributed by atoms with van der Waals surface area (Å²) in [5, 5.41) is 9.16. The molecule has 0 radical (unpaired) electrons. The molecule has 0 saturated carbocycles. The number of hydrogen-bond acceptors (Lipinski definition) is 4. The number of carbonyl (C=O) groups is 2. The fourth-order valence-corrected chi connectivity index (χ4v) is 2.61. The van der Waals surface area contributed by atoms with E-state index >= 15 is 0 Å². The number of aromatic nitrogens is 1. The average Bonchev–Trinajstić information content (AvgIpc) is 2.92. The number of ketones is 1. The van der Waals surface area contributed by atoms with Crippen molar-refractivity contribution in [3.05, 3.63) is 71.0 Å². The highest BCUT2D eigenvalue weighted by Crippen LogP contribution is 2.22. The van der Waals surface area contributed by atoms with Gasteiger partial charge in [0.25, 0.3) is 0 Å². The van der Waals surface area contributed by atoms with Gasteiger partial charge in [0.05, 0.1) is 11.3 Å². The highest BCUT2D eigenvalue weighted by atomic mass is 16.4. The summed E-state index contributed by atoms with van der Waals surface area (Å²) in [6.07, 6.45) is 1.77. The number of pyridine rings is 1. The van der Waals surface area contributed by atoms with Crippen LogP contribution in [0.4, 0.5) is 5.69 Å². The highest BCUT2D eigenvalue weighted by Gasteiger charge is 2.20. The van der Waals surface area contributed by atoms with Gasteiger partial charge in [-0.2, -0.15) is 0 Å². The van der Waals surface area contributed by atoms with Crippen LogP contribution in [0.3, 0.4) is 0 Å². The summed E-state index contributed by atoms with van der Waals surface area (Å²) in [4.78, 5) is 24.1. The molecule has 0 saturated heterocycles. The summed E-state index contributed by atoms with van der Waals surface area (Å²) in [5.74, 6) is -1.46. The van der Waals surface area contributed by atoms with Crippen molar-refractivity contribution in [3.8, 4) is 0 Å². The zero-order chi connectivity index (χ0) is 16.6. The van der Waals surface area contributed by atoms with Gasteiger partial charge >= 0.3 is 5.97 Å². The van der Waals surface area contributed by atoms with Gasteiger partial charge in [-0.3, -0.25) is 4.79 Å². The molecule has 0 fully saturated rings. The number of anilines is 1. The lowest BCUT2D eigenvalue weighted by Gasteiger charge is -2.07. The Bertz CT molecular complexity index is 928. The molecule has 0 atom stereocenters. The van der Waals surface area contributed by atoms with E-state index in [0.717, 1.165) is 5.52 Å². The van der Waals surface area contributed by atoms with Crippen LogP contribution in [0, 0.1) is 0 Å². The van der Waals surface area contributed by atoms with Gasteiger partial charge in [-0.15, -0.1) is 0 Å². The number of hydrogen-bond donors (Lipinski definition) is 3. The predicted molar refractivity (Wildman–Crippen MR) is 86.5 cm³/mol. The van der Waals surface area contributed by atoms with Gasteiger partial charge in [-0.1, -0.05) is 6.07 Å². The van der Waals surface area contributed by atoms with Crippen molar-refractivity contribution < 1.29 is 14.7 Å². The summed E-state index contributed by atoms with van der Waals surface area (Å²) in [5.41, 5.74) is 13.7. The van der Waals surface area contributed by atoms with Crippen LogP contribution in [-0.2, 0) is 6.54 Å². The molecule has 3 aromatic rings. The molecule has 2 aromatic heterocycles. The molecular weight excluding hydrogens is 294 g/mol. The third kappa shape index (κ3) is 2.45. The molecule has 0 amide bonds. The van der Waals surface area contributed by atoms with Crippen molar-refractivity contribution in [2.45, 2.75) is 6.54 Å². The van der Waals surface area contributed by atoms with Crippen LogP contribution in [0.1, 0.15) is 32.0 Å². The van der Waals surface area contributed by atoms with Gasteiger partial charge < -0.3 is 21.0 Å². The molecule has 5 N–H and O–H groups in total. The largest absolute Gasteiger partial charge is 0.478 e. The number of fused-ring (bicyclic) bond motifs is 1. The Hall–Kier alpha value is -3.12. The van der Waals surface area contributed by atoms with Crippen LogP contribution in [0.5, 0.6) is 0 Å². The maximum Gasteiger partial charge on any atom is 0.337 e. The number of nitrogens with zero attached hydrogens (tertiary/aromatic N) is 1. The Balaban J connectivity index is 2.18. The van der Waals surface area contributed by atoms with E-state index in [2.05, 4.69) is 0 Å². The van der Waals surface area contributed by atoms with Crippen molar-refractivity contribution >= 4 is 23.0 Å². The normalized spacial score (nSPS) is 10.8. The van der Waals surface area contributed by atoms with Gasteiger partial charge in [0.15, 0.2) is 0 Å². The maximum atomic E-state index is 12.9. The van der Waals surface area contributed by atoms with Gasteiger partial charge in [0, 0.05) is 29.5 Å². The van der Waals surface area contributed by atoms with Gasteiger partial charge in [-0.25, -0.2) is 4.79 Å². The molecule has 0 spiro atoms. The predicted octanol–water partition coefficient (Wildman–Crippen LogP) is 1.91. The molecule has 1 aromatic carbocycles. The summed E-state index contributed by atoms with van der Waals surface area (Å²) in [6, 6.07) is 11.7. The number of rotatable bonds is 4. The zero-order valence-corrected chi connectivity index (χ0v) is 12.2. The van der Waals surface area contributed by atoms with E-state index in [1.54, 1.807) is 10.6 Å². The van der Waals surface area contributed by atoms with Crippen molar-refractivity contribution in [2.75, 3.05) is 5.73 Å². The van der Waals surface area contributed by atoms with E-state index in [9.17, 15) is 9.59 Å². The fourth-order valence-electron chi connectivity index (χ4n) is 2.61. The van der Waals surface area contributed by atoms with E-state index in [0.29, 0.717) is 11.3 Å². The Morgan fingerprint density at radius 1 is 1.13 bits per heavy atom. The lowest BCUT2D eigenvalue weighted by molar-refractivity contribution is 0.0698. The minimum atomic E-state index is -1.17. The number of benzene rings is 1. The van der Waals surface area contributed by atoms with Gasteiger partial charge in [0.2, 0.25) is 5.78 Å². The quantitative estimate of drug-likeness (QED) is 0.503. The Labute approximate surface area is 131 Å². The SMILES string of the molecule is NCc1cc2ccccn2c1C(=O)c1ccc(N)c(C(=O)O)c1. The monoisotopic (exact) mass is 309 g/mol. The van der Waals surface area contributed by atoms with Crippen LogP contribution in [0.15, 0.2) is 48.7 Å². The third-order valence-corrected chi connectivity index (χ3v) is 3.74. The van der Waals surface area contributed by atoms with E-state index < -0.39 is 5.97 Å². The zero-order valence-electron chi connectivity index (χ0n) is 12.2. The summed E-state index contributed by atoms with van der Waals surface area (Å²) >= 11 is 0. The summed E-state index contributed by atoms with van der Waals surface area (Å²) < 4.78 is 1.75. The molecular formula is C17H15N3O3. The first kappa shape index (κ1) is 14.8. The minimum Gasteiger partial charge on any atom is -0.478 e. The number of carboxylic acid groups (broad SMARTS) is 1. The van der Waals surface area contributed by atoms with E-state index in [4.69, 9.17) is 16.6 Å². The molecule has 0 unspecified atom stereocenters. The minimum absolute atomic E-state index is 0.0917. The first-order chi connectivity index (χ1) is 11.0. The molecule has 0 aliphatic rings. The molecule has 6 nitrogen and oxygen atoms in total. The first-order valence-corrected chi connectivity index (χ1v) is 6.99. The van der Waals surface area contributed by atoms with E-state index in [1.165, 1.54) is 18.2 Å². The fraction of sp³-hybridized carbons (Fsp3) is 0.0588. The van der Waals surface area contributed by atoms with Crippen molar-refractivity contribution in [1.29, 1.82) is 0 Å². The topological polar surface area (TPSA) is 111 Å². The smallest absolute Gasteiger partial charge is 0.337 e. The van der Waals surface area contributed by atoms with Crippen molar-refractivity contribution in [2.24, 2.45) is 5.73 Å². The molecule has 0 bridgehead atoms. The second kappa shape index (κ2) is 5.58. The summed E-state index contributed by atoms with van der Waals surface area (Å²) in [7, 11) is 0. The number of carboxylic acids is 1. The molecule has 116 valence electrons. The van der Waals surface area contributed by atoms with Crippen LogP contribution in [-0.4, -0.2) is 21.3 Å². The maximum absolute atomic E-state index is 12.9. The molecule has 0 aliphatic carbocycles. The molecule has 0 aliphatic heterocycles. The van der Waals surface area contributed by atoms with Gasteiger partial charge in [0.1, 0.15) is 0 Å². The summed E-state index contributed by atoms with van der Waals surface area (Å²) in [6.45, 7) is 0.212. The molecule has 23 heavy (non-hydrogen) atoms. The lowest BCUT2D eigenvalue weighted by Crippen LogP contribution is -2.12. The Kier molecular flexibility index (Phi) is 3.59. The second-order valence-electron chi connectivity index (χ2n) is 5.15. The van der Waals surface area contributed by atoms with E-state index in [1.807, 2.05) is 24.3 Å². The van der Waals surface area contributed by atoms with Crippen LogP contribution < -0.4 is 11.5 Å². The van der Waals surface area contributed by atoms with Crippen LogP contribution >= 0.6 is 0 Å². The number of nitrogens with two attached hydrogens (primary N) is 2. The lowest BCUT2D eigenvalue weighted by atomic mass is 10.0. The van der Waals surface area contributed by atoms with Crippen LogP contribution in [0.25, 0.3) is 5.52 Å². The Morgan fingerprint density at radius 2 is 1.91 bits per heavy atom.